The van der Waals surface area contributed by atoms with Crippen LogP contribution in [0.4, 0.5) is 0 Å². The maximum atomic E-state index is 6.38. The summed E-state index contributed by atoms with van der Waals surface area (Å²) in [7, 11) is -1.38. The average Bonchev–Trinajstić information content (AvgIpc) is 2.97. The summed E-state index contributed by atoms with van der Waals surface area (Å²) in [5.74, 6) is 4.14. The predicted molar refractivity (Wildman–Crippen MR) is 95.5 cm³/mol. The van der Waals surface area contributed by atoms with E-state index in [1.165, 1.54) is 38.5 Å². The van der Waals surface area contributed by atoms with Gasteiger partial charge in [0.25, 0.3) is 0 Å². The minimum atomic E-state index is -1.38. The fourth-order valence-corrected chi connectivity index (χ4v) is 4.04. The third-order valence-electron chi connectivity index (χ3n) is 4.58. The highest BCUT2D eigenvalue weighted by Gasteiger charge is 2.36. The van der Waals surface area contributed by atoms with E-state index < -0.39 is 8.07 Å². The zero-order chi connectivity index (χ0) is 16.0. The van der Waals surface area contributed by atoms with Gasteiger partial charge in [-0.3, -0.25) is 0 Å². The Morgan fingerprint density at radius 2 is 1.91 bits per heavy atom. The van der Waals surface area contributed by atoms with Gasteiger partial charge in [0.2, 0.25) is 0 Å². The molecule has 1 saturated carbocycles. The smallest absolute Gasteiger partial charge is 0.144 e. The van der Waals surface area contributed by atoms with Crippen LogP contribution in [0.1, 0.15) is 44.9 Å². The molecule has 0 radical (unpaired) electrons. The number of hydrogen-bond donors (Lipinski definition) is 0. The van der Waals surface area contributed by atoms with Gasteiger partial charge >= 0.3 is 0 Å². The first-order valence-corrected chi connectivity index (χ1v) is 12.4. The Morgan fingerprint density at radius 1 is 1.18 bits per heavy atom. The van der Waals surface area contributed by atoms with Gasteiger partial charge in [-0.15, -0.1) is 12.1 Å². The monoisotopic (exact) mass is 320 g/mol. The van der Waals surface area contributed by atoms with Crippen LogP contribution in [0.3, 0.4) is 0 Å². The van der Waals surface area contributed by atoms with Crippen molar-refractivity contribution in [1.29, 1.82) is 0 Å². The topological polar surface area (TPSA) is 18.5 Å². The molecule has 0 bridgehead atoms. The first-order valence-electron chi connectivity index (χ1n) is 8.90. The van der Waals surface area contributed by atoms with Gasteiger partial charge in [-0.1, -0.05) is 50.9 Å². The second-order valence-electron chi connectivity index (χ2n) is 7.75. The molecule has 0 aromatic heterocycles. The molecule has 2 fully saturated rings. The molecule has 3 heteroatoms. The summed E-state index contributed by atoms with van der Waals surface area (Å²) < 4.78 is 12.3. The molecule has 3 atom stereocenters. The maximum Gasteiger partial charge on any atom is 0.144 e. The van der Waals surface area contributed by atoms with Crippen LogP contribution in [-0.4, -0.2) is 33.0 Å². The van der Waals surface area contributed by atoms with Gasteiger partial charge in [0.1, 0.15) is 14.2 Å². The zero-order valence-electron chi connectivity index (χ0n) is 14.6. The number of hydrogen-bond acceptors (Lipinski definition) is 2. The Labute approximate surface area is 137 Å². The van der Waals surface area contributed by atoms with E-state index in [2.05, 4.69) is 37.7 Å². The standard InChI is InChI=1S/C19H32O2Si/c1-5-14-20-18(13-15-22(2,3)4)19-12-11-17(21-19)16-9-7-6-8-10-16/h5,16-19H,1,6-12,14H2,2-4H3/t17-,18-,19-/m1/s1. The van der Waals surface area contributed by atoms with Crippen molar-refractivity contribution in [3.8, 4) is 11.5 Å². The van der Waals surface area contributed by atoms with Gasteiger partial charge < -0.3 is 9.47 Å². The van der Waals surface area contributed by atoms with Crippen LogP contribution < -0.4 is 0 Å². The van der Waals surface area contributed by atoms with Crippen molar-refractivity contribution in [2.75, 3.05) is 6.61 Å². The van der Waals surface area contributed by atoms with Crippen LogP contribution in [-0.2, 0) is 9.47 Å². The highest BCUT2D eigenvalue weighted by molar-refractivity contribution is 6.83. The summed E-state index contributed by atoms with van der Waals surface area (Å²) in [5, 5.41) is 0. The minimum Gasteiger partial charge on any atom is -0.371 e. The molecular weight excluding hydrogens is 288 g/mol. The quantitative estimate of drug-likeness (QED) is 0.420. The SMILES string of the molecule is C=CCO[C@H](C#C[Si](C)(C)C)[C@H]1CC[C@H](C2CCCCC2)O1. The Bertz CT molecular complexity index is 409. The van der Waals surface area contributed by atoms with Gasteiger partial charge in [0.15, 0.2) is 0 Å². The molecule has 22 heavy (non-hydrogen) atoms. The van der Waals surface area contributed by atoms with Crippen molar-refractivity contribution in [3.05, 3.63) is 12.7 Å². The van der Waals surface area contributed by atoms with E-state index in [4.69, 9.17) is 9.47 Å². The van der Waals surface area contributed by atoms with E-state index in [0.29, 0.717) is 12.7 Å². The summed E-state index contributed by atoms with van der Waals surface area (Å²) in [6.45, 7) is 11.1. The summed E-state index contributed by atoms with van der Waals surface area (Å²) >= 11 is 0. The van der Waals surface area contributed by atoms with Crippen molar-refractivity contribution < 1.29 is 9.47 Å². The van der Waals surface area contributed by atoms with Gasteiger partial charge in [-0.05, 0) is 31.6 Å². The molecule has 0 spiro atoms. The molecule has 0 N–H and O–H groups in total. The second-order valence-corrected chi connectivity index (χ2v) is 12.5. The molecule has 2 aliphatic rings. The predicted octanol–water partition coefficient (Wildman–Crippen LogP) is 4.57. The van der Waals surface area contributed by atoms with Gasteiger partial charge in [0.05, 0.1) is 18.8 Å². The van der Waals surface area contributed by atoms with Gasteiger partial charge in [-0.25, -0.2) is 0 Å². The molecule has 0 aromatic carbocycles. The number of ether oxygens (including phenoxy) is 2. The maximum absolute atomic E-state index is 6.38. The Morgan fingerprint density at radius 3 is 2.55 bits per heavy atom. The molecule has 0 amide bonds. The first kappa shape index (κ1) is 17.8. The van der Waals surface area contributed by atoms with Crippen molar-refractivity contribution >= 4 is 8.07 Å². The van der Waals surface area contributed by atoms with Gasteiger partial charge in [-0.2, -0.15) is 0 Å². The van der Waals surface area contributed by atoms with E-state index in [9.17, 15) is 0 Å². The third kappa shape index (κ3) is 5.57. The Hall–Kier alpha value is -0.563. The van der Waals surface area contributed by atoms with Crippen molar-refractivity contribution in [2.24, 2.45) is 5.92 Å². The Balaban J connectivity index is 1.95. The van der Waals surface area contributed by atoms with Crippen LogP contribution in [0.15, 0.2) is 12.7 Å². The minimum absolute atomic E-state index is 0.0849. The first-order chi connectivity index (χ1) is 10.5. The number of rotatable bonds is 5. The molecule has 124 valence electrons. The molecule has 0 unspecified atom stereocenters. The lowest BCUT2D eigenvalue weighted by atomic mass is 9.84. The summed E-state index contributed by atoms with van der Waals surface area (Å²) in [4.78, 5) is 0. The molecule has 1 heterocycles. The third-order valence-corrected chi connectivity index (χ3v) is 5.48. The van der Waals surface area contributed by atoms with Gasteiger partial charge in [0, 0.05) is 0 Å². The molecule has 1 aliphatic heterocycles. The molecule has 0 aromatic rings. The van der Waals surface area contributed by atoms with E-state index in [0.717, 1.165) is 12.3 Å². The normalized spacial score (nSPS) is 28.0. The lowest BCUT2D eigenvalue weighted by Gasteiger charge is -2.28. The molecule has 1 aliphatic carbocycles. The molecule has 2 rings (SSSR count). The molecule has 2 nitrogen and oxygen atoms in total. The van der Waals surface area contributed by atoms with E-state index >= 15 is 0 Å². The summed E-state index contributed by atoms with van der Waals surface area (Å²) in [6, 6.07) is 0. The Kier molecular flexibility index (Phi) is 6.74. The van der Waals surface area contributed by atoms with Crippen molar-refractivity contribution in [1.82, 2.24) is 0 Å². The molecular formula is C19H32O2Si. The van der Waals surface area contributed by atoms with Crippen LogP contribution >= 0.6 is 0 Å². The van der Waals surface area contributed by atoms with Crippen molar-refractivity contribution in [2.45, 2.75) is 82.9 Å². The second kappa shape index (κ2) is 8.33. The highest BCUT2D eigenvalue weighted by atomic mass is 28.3. The van der Waals surface area contributed by atoms with Crippen LogP contribution in [0, 0.1) is 17.4 Å². The van der Waals surface area contributed by atoms with E-state index in [1.54, 1.807) is 6.08 Å². The summed E-state index contributed by atoms with van der Waals surface area (Å²) in [6.07, 6.45) is 11.4. The fourth-order valence-electron chi connectivity index (χ4n) is 3.47. The van der Waals surface area contributed by atoms with Crippen LogP contribution in [0.25, 0.3) is 0 Å². The summed E-state index contributed by atoms with van der Waals surface area (Å²) in [5.41, 5.74) is 3.45. The average molecular weight is 321 g/mol. The highest BCUT2D eigenvalue weighted by Crippen LogP contribution is 2.35. The largest absolute Gasteiger partial charge is 0.371 e. The lowest BCUT2D eigenvalue weighted by Crippen LogP contribution is -2.31. The zero-order valence-corrected chi connectivity index (χ0v) is 15.6. The molecule has 1 saturated heterocycles. The van der Waals surface area contributed by atoms with Crippen LogP contribution in [0.2, 0.25) is 19.6 Å². The fraction of sp³-hybridized carbons (Fsp3) is 0.789. The van der Waals surface area contributed by atoms with E-state index in [-0.39, 0.29) is 12.2 Å². The van der Waals surface area contributed by atoms with E-state index in [1.807, 2.05) is 0 Å². The lowest BCUT2D eigenvalue weighted by molar-refractivity contribution is -0.0577. The van der Waals surface area contributed by atoms with Crippen LogP contribution in [0.5, 0.6) is 0 Å². The van der Waals surface area contributed by atoms with Crippen molar-refractivity contribution in [3.63, 3.8) is 0 Å².